The van der Waals surface area contributed by atoms with E-state index in [1.165, 1.54) is 22.5 Å². The minimum atomic E-state index is -3.77. The van der Waals surface area contributed by atoms with Crippen molar-refractivity contribution in [2.75, 3.05) is 39.4 Å². The molecule has 10 heteroatoms. The van der Waals surface area contributed by atoms with Crippen LogP contribution in [-0.2, 0) is 19.6 Å². The van der Waals surface area contributed by atoms with Gasteiger partial charge in [0.05, 0.1) is 4.90 Å². The number of carbonyl (C=O) groups excluding carboxylic acids is 2. The van der Waals surface area contributed by atoms with Crippen molar-refractivity contribution >= 4 is 21.9 Å². The molecular formula is C14H15N2O7S-. The Labute approximate surface area is 138 Å². The Hall–Kier alpha value is -2.33. The van der Waals surface area contributed by atoms with E-state index in [9.17, 15) is 23.1 Å². The predicted molar refractivity (Wildman–Crippen MR) is 77.8 cm³/mol. The molecule has 2 aliphatic heterocycles. The molecular weight excluding hydrogens is 340 g/mol. The van der Waals surface area contributed by atoms with Crippen molar-refractivity contribution in [2.45, 2.75) is 4.90 Å². The Morgan fingerprint density at radius 3 is 2.25 bits per heavy atom. The van der Waals surface area contributed by atoms with E-state index in [2.05, 4.69) is 0 Å². The molecule has 0 unspecified atom stereocenters. The van der Waals surface area contributed by atoms with Gasteiger partial charge in [0.2, 0.25) is 10.0 Å². The largest absolute Gasteiger partial charge is 0.540 e. The van der Waals surface area contributed by atoms with Gasteiger partial charge in [-0.3, -0.25) is 4.79 Å². The number of nitrogens with zero attached hydrogens (tertiary/aromatic N) is 2. The third kappa shape index (κ3) is 3.02. The molecule has 24 heavy (non-hydrogen) atoms. The van der Waals surface area contributed by atoms with E-state index in [-0.39, 0.29) is 31.1 Å². The quantitative estimate of drug-likeness (QED) is 0.566. The second kappa shape index (κ2) is 6.29. The maximum Gasteiger partial charge on any atom is 0.269 e. The second-order valence-electron chi connectivity index (χ2n) is 5.29. The fraction of sp³-hybridized carbons (Fsp3) is 0.429. The fourth-order valence-electron chi connectivity index (χ4n) is 2.59. The number of benzene rings is 1. The third-order valence-electron chi connectivity index (χ3n) is 3.85. The highest BCUT2D eigenvalue weighted by atomic mass is 32.2. The number of hydrogen-bond donors (Lipinski definition) is 0. The maximum absolute atomic E-state index is 12.7. The first kappa shape index (κ1) is 16.5. The van der Waals surface area contributed by atoms with Crippen molar-refractivity contribution in [1.82, 2.24) is 9.21 Å². The van der Waals surface area contributed by atoms with Crippen molar-refractivity contribution < 1.29 is 32.6 Å². The van der Waals surface area contributed by atoms with E-state index < -0.39 is 21.9 Å². The van der Waals surface area contributed by atoms with Crippen LogP contribution in [0.3, 0.4) is 0 Å². The van der Waals surface area contributed by atoms with E-state index in [4.69, 9.17) is 9.47 Å². The lowest BCUT2D eigenvalue weighted by Gasteiger charge is -2.34. The number of aliphatic carboxylic acids is 1. The van der Waals surface area contributed by atoms with Crippen LogP contribution < -0.4 is 14.6 Å². The summed E-state index contributed by atoms with van der Waals surface area (Å²) in [6.07, 6.45) is 0. The van der Waals surface area contributed by atoms with Crippen molar-refractivity contribution in [2.24, 2.45) is 0 Å². The second-order valence-corrected chi connectivity index (χ2v) is 7.23. The SMILES string of the molecule is O=C([O-])C(=O)N1CCN(S(=O)(=O)c2ccc3c(c2)OCCO3)CC1. The minimum Gasteiger partial charge on any atom is -0.540 e. The van der Waals surface area contributed by atoms with E-state index in [0.717, 1.165) is 4.90 Å². The molecule has 0 aromatic heterocycles. The molecule has 2 heterocycles. The summed E-state index contributed by atoms with van der Waals surface area (Å²) in [5, 5.41) is 10.6. The number of carboxylic acid groups (broad SMARTS) is 1. The standard InChI is InChI=1S/C14H16N2O7S/c17-13(14(18)19)15-3-5-16(6-4-15)24(20,21)10-1-2-11-12(9-10)23-8-7-22-11/h1-2,9H,3-8H2,(H,18,19)/p-1. The van der Waals surface area contributed by atoms with Gasteiger partial charge in [-0.25, -0.2) is 8.42 Å². The first-order chi connectivity index (χ1) is 11.4. The number of carbonyl (C=O) groups is 2. The summed E-state index contributed by atoms with van der Waals surface area (Å²) in [4.78, 5) is 23.0. The van der Waals surface area contributed by atoms with Gasteiger partial charge < -0.3 is 24.3 Å². The number of piperazine rings is 1. The summed E-state index contributed by atoms with van der Waals surface area (Å²) < 4.78 is 37.3. The van der Waals surface area contributed by atoms with E-state index in [1.54, 1.807) is 0 Å². The van der Waals surface area contributed by atoms with Gasteiger partial charge in [0.1, 0.15) is 19.2 Å². The average molecular weight is 355 g/mol. The Kier molecular flexibility index (Phi) is 4.33. The van der Waals surface area contributed by atoms with Gasteiger partial charge >= 0.3 is 0 Å². The number of carboxylic acids is 1. The molecule has 0 atom stereocenters. The maximum atomic E-state index is 12.7. The molecule has 1 aromatic carbocycles. The summed E-state index contributed by atoms with van der Waals surface area (Å²) in [5.41, 5.74) is 0. The van der Waals surface area contributed by atoms with Gasteiger partial charge in [-0.1, -0.05) is 0 Å². The third-order valence-corrected chi connectivity index (χ3v) is 5.75. The molecule has 0 N–H and O–H groups in total. The smallest absolute Gasteiger partial charge is 0.269 e. The number of sulfonamides is 1. The molecule has 1 aromatic rings. The van der Waals surface area contributed by atoms with Crippen LogP contribution in [0, 0.1) is 0 Å². The topological polar surface area (TPSA) is 116 Å². The first-order valence-corrected chi connectivity index (χ1v) is 8.73. The van der Waals surface area contributed by atoms with Crippen molar-refractivity contribution in [1.29, 1.82) is 0 Å². The highest BCUT2D eigenvalue weighted by Gasteiger charge is 2.31. The van der Waals surface area contributed by atoms with Gasteiger partial charge in [0, 0.05) is 32.2 Å². The summed E-state index contributed by atoms with van der Waals surface area (Å²) in [6, 6.07) is 4.38. The van der Waals surface area contributed by atoms with Crippen LogP contribution in [-0.4, -0.2) is 68.9 Å². The predicted octanol–water partition coefficient (Wildman–Crippen LogP) is -1.96. The highest BCUT2D eigenvalue weighted by Crippen LogP contribution is 2.33. The number of rotatable bonds is 2. The molecule has 1 amide bonds. The normalized spacial score (nSPS) is 18.2. The van der Waals surface area contributed by atoms with E-state index >= 15 is 0 Å². The molecule has 0 spiro atoms. The van der Waals surface area contributed by atoms with Crippen LogP contribution in [0.15, 0.2) is 23.1 Å². The van der Waals surface area contributed by atoms with Gasteiger partial charge in [0.15, 0.2) is 11.5 Å². The summed E-state index contributed by atoms with van der Waals surface area (Å²) in [7, 11) is -3.77. The lowest BCUT2D eigenvalue weighted by molar-refractivity contribution is -0.301. The Morgan fingerprint density at radius 1 is 1.00 bits per heavy atom. The molecule has 0 aliphatic carbocycles. The van der Waals surface area contributed by atoms with Gasteiger partial charge in [-0.15, -0.1) is 0 Å². The van der Waals surface area contributed by atoms with Crippen LogP contribution in [0.2, 0.25) is 0 Å². The molecule has 130 valence electrons. The summed E-state index contributed by atoms with van der Waals surface area (Å²) in [6.45, 7) is 0.771. The first-order valence-electron chi connectivity index (χ1n) is 7.29. The lowest BCUT2D eigenvalue weighted by Crippen LogP contribution is -2.54. The van der Waals surface area contributed by atoms with Crippen LogP contribution >= 0.6 is 0 Å². The zero-order valence-corrected chi connectivity index (χ0v) is 13.5. The van der Waals surface area contributed by atoms with Crippen molar-refractivity contribution in [3.8, 4) is 11.5 Å². The highest BCUT2D eigenvalue weighted by molar-refractivity contribution is 7.89. The molecule has 2 aliphatic rings. The Morgan fingerprint density at radius 2 is 1.62 bits per heavy atom. The van der Waals surface area contributed by atoms with Crippen LogP contribution in [0.1, 0.15) is 0 Å². The number of hydrogen-bond acceptors (Lipinski definition) is 7. The number of fused-ring (bicyclic) bond motifs is 1. The van der Waals surface area contributed by atoms with Gasteiger partial charge in [-0.05, 0) is 12.1 Å². The Balaban J connectivity index is 1.75. The molecule has 0 radical (unpaired) electrons. The summed E-state index contributed by atoms with van der Waals surface area (Å²) in [5.74, 6) is -2.07. The molecule has 3 rings (SSSR count). The van der Waals surface area contributed by atoms with Crippen molar-refractivity contribution in [3.05, 3.63) is 18.2 Å². The molecule has 1 fully saturated rings. The molecule has 1 saturated heterocycles. The van der Waals surface area contributed by atoms with Crippen LogP contribution in [0.5, 0.6) is 11.5 Å². The summed E-state index contributed by atoms with van der Waals surface area (Å²) >= 11 is 0. The number of ether oxygens (including phenoxy) is 2. The Bertz CT molecular complexity index is 769. The van der Waals surface area contributed by atoms with Gasteiger partial charge in [-0.2, -0.15) is 4.31 Å². The minimum absolute atomic E-state index is 0.00338. The molecule has 0 bridgehead atoms. The zero-order valence-electron chi connectivity index (χ0n) is 12.6. The lowest BCUT2D eigenvalue weighted by atomic mass is 10.3. The average Bonchev–Trinajstić information content (AvgIpc) is 2.60. The van der Waals surface area contributed by atoms with E-state index in [1.807, 2.05) is 0 Å². The van der Waals surface area contributed by atoms with Crippen LogP contribution in [0.25, 0.3) is 0 Å². The fourth-order valence-corrected chi connectivity index (χ4v) is 4.03. The van der Waals surface area contributed by atoms with Crippen LogP contribution in [0.4, 0.5) is 0 Å². The zero-order chi connectivity index (χ0) is 17.3. The number of amides is 1. The monoisotopic (exact) mass is 355 g/mol. The molecule has 9 nitrogen and oxygen atoms in total. The van der Waals surface area contributed by atoms with E-state index in [0.29, 0.717) is 24.7 Å². The van der Waals surface area contributed by atoms with Gasteiger partial charge in [0.25, 0.3) is 5.91 Å². The van der Waals surface area contributed by atoms with Crippen molar-refractivity contribution in [3.63, 3.8) is 0 Å². The molecule has 0 saturated carbocycles.